The van der Waals surface area contributed by atoms with Gasteiger partial charge in [-0.1, -0.05) is 19.4 Å². The van der Waals surface area contributed by atoms with E-state index in [9.17, 15) is 20.0 Å². The van der Waals surface area contributed by atoms with E-state index >= 15 is 0 Å². The maximum Gasteiger partial charge on any atom is 0.311 e. The maximum atomic E-state index is 12.1. The third-order valence-electron chi connectivity index (χ3n) is 2.80. The molecule has 0 aliphatic heterocycles. The maximum absolute atomic E-state index is 12.1. The molecule has 0 radical (unpaired) electrons. The van der Waals surface area contributed by atoms with Crippen molar-refractivity contribution in [2.75, 3.05) is 13.7 Å². The topological polar surface area (TPSA) is 102 Å². The van der Waals surface area contributed by atoms with E-state index in [1.54, 1.807) is 0 Å². The van der Waals surface area contributed by atoms with Crippen LogP contribution in [0.1, 0.15) is 30.1 Å². The summed E-state index contributed by atoms with van der Waals surface area (Å²) in [5.74, 6) is -1.18. The number of amides is 1. The van der Waals surface area contributed by atoms with Gasteiger partial charge in [0.2, 0.25) is 5.75 Å². The Morgan fingerprint density at radius 2 is 2.25 bits per heavy atom. The van der Waals surface area contributed by atoms with Gasteiger partial charge in [0.05, 0.1) is 23.1 Å². The van der Waals surface area contributed by atoms with E-state index in [0.717, 1.165) is 18.9 Å². The first-order chi connectivity index (χ1) is 9.51. The van der Waals surface area contributed by atoms with Crippen LogP contribution in [0.2, 0.25) is 0 Å². The van der Waals surface area contributed by atoms with Crippen molar-refractivity contribution in [2.45, 2.75) is 25.8 Å². The Morgan fingerprint density at radius 3 is 2.80 bits per heavy atom. The van der Waals surface area contributed by atoms with Crippen molar-refractivity contribution in [1.82, 2.24) is 5.32 Å². The highest BCUT2D eigenvalue weighted by atomic mass is 16.6. The number of rotatable bonds is 7. The largest absolute Gasteiger partial charge is 0.502 e. The molecule has 1 unspecified atom stereocenters. The van der Waals surface area contributed by atoms with Crippen LogP contribution < -0.4 is 5.32 Å². The average molecular weight is 282 g/mol. The quantitative estimate of drug-likeness (QED) is 0.587. The van der Waals surface area contributed by atoms with Crippen LogP contribution in [-0.2, 0) is 4.74 Å². The van der Waals surface area contributed by atoms with E-state index in [4.69, 9.17) is 4.74 Å². The minimum atomic E-state index is -0.731. The minimum absolute atomic E-state index is 0.114. The molecule has 1 atom stereocenters. The molecule has 0 aromatic heterocycles. The molecular formula is C13H18N2O5. The molecule has 0 saturated carbocycles. The van der Waals surface area contributed by atoms with Crippen LogP contribution >= 0.6 is 0 Å². The first-order valence-electron chi connectivity index (χ1n) is 6.27. The summed E-state index contributed by atoms with van der Waals surface area (Å²) in [5, 5.41) is 23.2. The summed E-state index contributed by atoms with van der Waals surface area (Å²) in [6.45, 7) is 2.31. The lowest BCUT2D eigenvalue weighted by molar-refractivity contribution is -0.385. The second-order valence-electron chi connectivity index (χ2n) is 4.34. The monoisotopic (exact) mass is 282 g/mol. The molecule has 7 heteroatoms. The number of hydrogen-bond donors (Lipinski definition) is 2. The van der Waals surface area contributed by atoms with Crippen LogP contribution in [0.15, 0.2) is 18.2 Å². The summed E-state index contributed by atoms with van der Waals surface area (Å²) in [5.41, 5.74) is -0.604. The summed E-state index contributed by atoms with van der Waals surface area (Å²) < 4.78 is 5.00. The Hall–Kier alpha value is -2.15. The van der Waals surface area contributed by atoms with Gasteiger partial charge in [0.15, 0.2) is 0 Å². The highest BCUT2D eigenvalue weighted by molar-refractivity contribution is 5.98. The third-order valence-corrected chi connectivity index (χ3v) is 2.80. The van der Waals surface area contributed by atoms with Gasteiger partial charge < -0.3 is 15.2 Å². The smallest absolute Gasteiger partial charge is 0.311 e. The zero-order chi connectivity index (χ0) is 15.1. The predicted octanol–water partition coefficient (Wildman–Crippen LogP) is 1.85. The summed E-state index contributed by atoms with van der Waals surface area (Å²) in [6.07, 6.45) is 1.57. The molecule has 0 heterocycles. The Labute approximate surface area is 116 Å². The van der Waals surface area contributed by atoms with Crippen molar-refractivity contribution in [1.29, 1.82) is 0 Å². The van der Waals surface area contributed by atoms with E-state index in [2.05, 4.69) is 5.32 Å². The van der Waals surface area contributed by atoms with E-state index in [1.165, 1.54) is 19.2 Å². The number of methoxy groups -OCH3 is 1. The van der Waals surface area contributed by atoms with Gasteiger partial charge in [-0.15, -0.1) is 0 Å². The fourth-order valence-electron chi connectivity index (χ4n) is 1.87. The zero-order valence-corrected chi connectivity index (χ0v) is 11.5. The fourth-order valence-corrected chi connectivity index (χ4v) is 1.87. The van der Waals surface area contributed by atoms with Crippen molar-refractivity contribution in [2.24, 2.45) is 0 Å². The number of carbonyl (C=O) groups excluding carboxylic acids is 1. The predicted molar refractivity (Wildman–Crippen MR) is 72.8 cm³/mol. The molecule has 20 heavy (non-hydrogen) atoms. The van der Waals surface area contributed by atoms with Crippen LogP contribution in [0.4, 0.5) is 5.69 Å². The number of nitro groups is 1. The molecule has 0 fully saturated rings. The van der Waals surface area contributed by atoms with Gasteiger partial charge in [0.1, 0.15) is 0 Å². The van der Waals surface area contributed by atoms with Crippen LogP contribution in [0, 0.1) is 10.1 Å². The summed E-state index contributed by atoms with van der Waals surface area (Å²) in [4.78, 5) is 22.0. The lowest BCUT2D eigenvalue weighted by Crippen LogP contribution is -2.38. The second kappa shape index (κ2) is 7.44. The lowest BCUT2D eigenvalue weighted by Gasteiger charge is -2.17. The summed E-state index contributed by atoms with van der Waals surface area (Å²) in [7, 11) is 1.53. The average Bonchev–Trinajstić information content (AvgIpc) is 2.39. The molecule has 0 spiro atoms. The third kappa shape index (κ3) is 3.92. The Kier molecular flexibility index (Phi) is 5.92. The molecule has 1 aromatic carbocycles. The number of aromatic hydroxyl groups is 1. The van der Waals surface area contributed by atoms with Crippen molar-refractivity contribution in [3.05, 3.63) is 33.9 Å². The van der Waals surface area contributed by atoms with Gasteiger partial charge in [-0.3, -0.25) is 14.9 Å². The van der Waals surface area contributed by atoms with Crippen molar-refractivity contribution < 1.29 is 19.6 Å². The van der Waals surface area contributed by atoms with Crippen LogP contribution in [0.5, 0.6) is 5.75 Å². The molecule has 1 amide bonds. The van der Waals surface area contributed by atoms with Gasteiger partial charge in [0, 0.05) is 13.2 Å². The van der Waals surface area contributed by atoms with Crippen molar-refractivity contribution in [3.63, 3.8) is 0 Å². The molecule has 2 N–H and O–H groups in total. The molecule has 0 bridgehead atoms. The first kappa shape index (κ1) is 15.9. The number of para-hydroxylation sites is 1. The van der Waals surface area contributed by atoms with E-state index in [0.29, 0.717) is 6.61 Å². The van der Waals surface area contributed by atoms with E-state index in [-0.39, 0.29) is 11.6 Å². The second-order valence-corrected chi connectivity index (χ2v) is 4.34. The molecule has 0 aliphatic rings. The molecule has 110 valence electrons. The van der Waals surface area contributed by atoms with Gasteiger partial charge in [-0.25, -0.2) is 0 Å². The number of phenolic OH excluding ortho intramolecular Hbond substituents is 1. The minimum Gasteiger partial charge on any atom is -0.502 e. The lowest BCUT2D eigenvalue weighted by atomic mass is 10.1. The van der Waals surface area contributed by atoms with Gasteiger partial charge >= 0.3 is 5.69 Å². The molecule has 7 nitrogen and oxygen atoms in total. The first-order valence-corrected chi connectivity index (χ1v) is 6.27. The number of nitro benzene ring substituents is 1. The SMILES string of the molecule is CCCC(COC)NC(=O)c1cccc([N+](=O)[O-])c1O. The Morgan fingerprint density at radius 1 is 1.55 bits per heavy atom. The number of carbonyl (C=O) groups is 1. The molecule has 0 aliphatic carbocycles. The normalized spacial score (nSPS) is 11.9. The van der Waals surface area contributed by atoms with Crippen LogP contribution in [0.3, 0.4) is 0 Å². The van der Waals surface area contributed by atoms with E-state index < -0.39 is 22.3 Å². The summed E-state index contributed by atoms with van der Waals surface area (Å²) >= 11 is 0. The van der Waals surface area contributed by atoms with Gasteiger partial charge in [-0.05, 0) is 12.5 Å². The number of benzene rings is 1. The zero-order valence-electron chi connectivity index (χ0n) is 11.5. The van der Waals surface area contributed by atoms with Crippen molar-refractivity contribution in [3.8, 4) is 5.75 Å². The Bertz CT molecular complexity index is 484. The standard InChI is InChI=1S/C13H18N2O5/c1-3-5-9(8-20-2)14-13(17)10-6-4-7-11(12(10)16)15(18)19/h4,6-7,9,16H,3,5,8H2,1-2H3,(H,14,17). The van der Waals surface area contributed by atoms with Crippen LogP contribution in [-0.4, -0.2) is 35.7 Å². The number of ether oxygens (including phenoxy) is 1. The van der Waals surface area contributed by atoms with E-state index in [1.807, 2.05) is 6.92 Å². The van der Waals surface area contributed by atoms with Crippen molar-refractivity contribution >= 4 is 11.6 Å². The highest BCUT2D eigenvalue weighted by Crippen LogP contribution is 2.29. The molecule has 0 saturated heterocycles. The molecule has 1 aromatic rings. The van der Waals surface area contributed by atoms with Crippen LogP contribution in [0.25, 0.3) is 0 Å². The number of nitrogens with one attached hydrogen (secondary N) is 1. The van der Waals surface area contributed by atoms with Gasteiger partial charge in [0.25, 0.3) is 5.91 Å². The van der Waals surface area contributed by atoms with Gasteiger partial charge in [-0.2, -0.15) is 0 Å². The number of phenols is 1. The molecular weight excluding hydrogens is 264 g/mol. The number of hydrogen-bond acceptors (Lipinski definition) is 5. The molecule has 1 rings (SSSR count). The fraction of sp³-hybridized carbons (Fsp3) is 0.462. The number of nitrogens with zero attached hydrogens (tertiary/aromatic N) is 1. The highest BCUT2D eigenvalue weighted by Gasteiger charge is 2.22. The summed E-state index contributed by atoms with van der Waals surface area (Å²) in [6, 6.07) is 3.65. The Balaban J connectivity index is 2.91.